The van der Waals surface area contributed by atoms with Crippen molar-refractivity contribution in [2.75, 3.05) is 5.88 Å². The zero-order chi connectivity index (χ0) is 9.80. The number of hydrogen-bond donors (Lipinski definition) is 0. The van der Waals surface area contributed by atoms with E-state index < -0.39 is 0 Å². The SMILES string of the molecule is ClCC1=C(C2=COC=CO2)CCC=C1. The number of ether oxygens (including phenoxy) is 2. The Bertz CT molecular complexity index is 337. The third-order valence-electron chi connectivity index (χ3n) is 2.21. The lowest BCUT2D eigenvalue weighted by Gasteiger charge is -2.17. The van der Waals surface area contributed by atoms with E-state index in [1.165, 1.54) is 12.5 Å². The fourth-order valence-electron chi connectivity index (χ4n) is 1.53. The van der Waals surface area contributed by atoms with Crippen LogP contribution in [0.15, 0.2) is 47.8 Å². The number of allylic oxidation sites excluding steroid dienone is 4. The molecule has 0 aromatic rings. The first-order chi connectivity index (χ1) is 6.92. The summed E-state index contributed by atoms with van der Waals surface area (Å²) in [6.07, 6.45) is 10.8. The molecule has 1 aliphatic carbocycles. The fraction of sp³-hybridized carbons (Fsp3) is 0.273. The average molecular weight is 211 g/mol. The molecule has 0 amide bonds. The molecule has 2 nitrogen and oxygen atoms in total. The third kappa shape index (κ3) is 1.85. The summed E-state index contributed by atoms with van der Waals surface area (Å²) in [5.74, 6) is 1.28. The zero-order valence-corrected chi connectivity index (χ0v) is 8.46. The average Bonchev–Trinajstić information content (AvgIpc) is 2.30. The molecule has 0 spiro atoms. The topological polar surface area (TPSA) is 18.5 Å². The fourth-order valence-corrected chi connectivity index (χ4v) is 1.78. The van der Waals surface area contributed by atoms with Crippen LogP contribution in [0.5, 0.6) is 0 Å². The Morgan fingerprint density at radius 1 is 1.36 bits per heavy atom. The molecule has 0 unspecified atom stereocenters. The Balaban J connectivity index is 2.26. The van der Waals surface area contributed by atoms with Gasteiger partial charge in [0.1, 0.15) is 18.8 Å². The first kappa shape index (κ1) is 9.41. The highest BCUT2D eigenvalue weighted by Crippen LogP contribution is 2.28. The van der Waals surface area contributed by atoms with Crippen LogP contribution < -0.4 is 0 Å². The van der Waals surface area contributed by atoms with Gasteiger partial charge in [0.15, 0.2) is 5.76 Å². The maximum Gasteiger partial charge on any atom is 0.165 e. The highest BCUT2D eigenvalue weighted by Gasteiger charge is 2.14. The van der Waals surface area contributed by atoms with Crippen LogP contribution >= 0.6 is 11.6 Å². The molecule has 2 rings (SSSR count). The van der Waals surface area contributed by atoms with Crippen LogP contribution in [0.2, 0.25) is 0 Å². The predicted octanol–water partition coefficient (Wildman–Crippen LogP) is 3.23. The summed E-state index contributed by atoms with van der Waals surface area (Å²) in [4.78, 5) is 0. The molecule has 1 heterocycles. The minimum atomic E-state index is 0.510. The van der Waals surface area contributed by atoms with Crippen LogP contribution in [-0.4, -0.2) is 5.88 Å². The second-order valence-corrected chi connectivity index (χ2v) is 3.35. The largest absolute Gasteiger partial charge is 0.466 e. The Kier molecular flexibility index (Phi) is 2.94. The van der Waals surface area contributed by atoms with Crippen molar-refractivity contribution in [3.05, 3.63) is 47.8 Å². The van der Waals surface area contributed by atoms with Gasteiger partial charge in [0, 0.05) is 11.5 Å². The van der Waals surface area contributed by atoms with Crippen molar-refractivity contribution < 1.29 is 9.47 Å². The van der Waals surface area contributed by atoms with Gasteiger partial charge in [0.25, 0.3) is 0 Å². The molecule has 74 valence electrons. The summed E-state index contributed by atoms with van der Waals surface area (Å²) in [7, 11) is 0. The Labute approximate surface area is 88.1 Å². The second-order valence-electron chi connectivity index (χ2n) is 3.09. The van der Waals surface area contributed by atoms with Crippen LogP contribution in [0.25, 0.3) is 0 Å². The minimum Gasteiger partial charge on any atom is -0.466 e. The van der Waals surface area contributed by atoms with Crippen molar-refractivity contribution >= 4 is 11.6 Å². The molecule has 2 aliphatic rings. The summed E-state index contributed by atoms with van der Waals surface area (Å²) in [5, 5.41) is 0. The van der Waals surface area contributed by atoms with Gasteiger partial charge in [0.2, 0.25) is 0 Å². The third-order valence-corrected chi connectivity index (χ3v) is 2.50. The van der Waals surface area contributed by atoms with E-state index in [2.05, 4.69) is 6.08 Å². The molecule has 0 radical (unpaired) electrons. The highest BCUT2D eigenvalue weighted by molar-refractivity contribution is 6.19. The summed E-state index contributed by atoms with van der Waals surface area (Å²) in [6.45, 7) is 0. The molecule has 0 aromatic carbocycles. The van der Waals surface area contributed by atoms with Gasteiger partial charge < -0.3 is 9.47 Å². The maximum absolute atomic E-state index is 5.84. The maximum atomic E-state index is 5.84. The molecular weight excluding hydrogens is 200 g/mol. The lowest BCUT2D eigenvalue weighted by molar-refractivity contribution is 0.262. The minimum absolute atomic E-state index is 0.510. The number of halogens is 1. The first-order valence-corrected chi connectivity index (χ1v) is 5.07. The van der Waals surface area contributed by atoms with E-state index >= 15 is 0 Å². The Morgan fingerprint density at radius 2 is 2.29 bits per heavy atom. The second kappa shape index (κ2) is 4.38. The number of alkyl halides is 1. The van der Waals surface area contributed by atoms with E-state index in [0.29, 0.717) is 5.88 Å². The van der Waals surface area contributed by atoms with Crippen molar-refractivity contribution in [3.8, 4) is 0 Å². The van der Waals surface area contributed by atoms with E-state index in [9.17, 15) is 0 Å². The molecule has 0 atom stereocenters. The standard InChI is InChI=1S/C11H11ClO2/c12-7-9-3-1-2-4-10(9)11-8-13-5-6-14-11/h1,3,5-6,8H,2,4,7H2. The Hall–Kier alpha value is -1.15. The number of rotatable bonds is 2. The van der Waals surface area contributed by atoms with Crippen LogP contribution in [0.3, 0.4) is 0 Å². The van der Waals surface area contributed by atoms with Crippen molar-refractivity contribution in [2.24, 2.45) is 0 Å². The quantitative estimate of drug-likeness (QED) is 0.652. The zero-order valence-electron chi connectivity index (χ0n) is 7.70. The van der Waals surface area contributed by atoms with Crippen molar-refractivity contribution in [1.29, 1.82) is 0 Å². The van der Waals surface area contributed by atoms with Gasteiger partial charge >= 0.3 is 0 Å². The van der Waals surface area contributed by atoms with E-state index in [1.54, 1.807) is 6.26 Å². The summed E-state index contributed by atoms with van der Waals surface area (Å²) >= 11 is 5.84. The monoisotopic (exact) mass is 210 g/mol. The van der Waals surface area contributed by atoms with Crippen LogP contribution in [0.1, 0.15) is 12.8 Å². The summed E-state index contributed by atoms with van der Waals surface area (Å²) in [6, 6.07) is 0. The van der Waals surface area contributed by atoms with Gasteiger partial charge in [-0.25, -0.2) is 0 Å². The van der Waals surface area contributed by atoms with Gasteiger partial charge in [-0.05, 0) is 18.4 Å². The van der Waals surface area contributed by atoms with Gasteiger partial charge in [-0.1, -0.05) is 12.2 Å². The molecule has 0 N–H and O–H groups in total. The van der Waals surface area contributed by atoms with Gasteiger partial charge in [-0.15, -0.1) is 11.6 Å². The van der Waals surface area contributed by atoms with E-state index in [-0.39, 0.29) is 0 Å². The molecule has 0 aromatic heterocycles. The lowest BCUT2D eigenvalue weighted by Crippen LogP contribution is -2.03. The molecule has 3 heteroatoms. The Morgan fingerprint density at radius 3 is 3.00 bits per heavy atom. The van der Waals surface area contributed by atoms with E-state index in [0.717, 1.165) is 29.7 Å². The number of hydrogen-bond acceptors (Lipinski definition) is 2. The van der Waals surface area contributed by atoms with Gasteiger partial charge in [-0.2, -0.15) is 0 Å². The molecule has 0 saturated carbocycles. The van der Waals surface area contributed by atoms with Crippen molar-refractivity contribution in [3.63, 3.8) is 0 Å². The predicted molar refractivity (Wildman–Crippen MR) is 55.5 cm³/mol. The normalized spacial score (nSPS) is 20.2. The molecule has 1 aliphatic heterocycles. The van der Waals surface area contributed by atoms with Crippen molar-refractivity contribution in [2.45, 2.75) is 12.8 Å². The van der Waals surface area contributed by atoms with E-state index in [4.69, 9.17) is 21.1 Å². The van der Waals surface area contributed by atoms with Crippen molar-refractivity contribution in [1.82, 2.24) is 0 Å². The molecule has 14 heavy (non-hydrogen) atoms. The lowest BCUT2D eigenvalue weighted by atomic mass is 9.97. The van der Waals surface area contributed by atoms with Gasteiger partial charge in [0.05, 0.1) is 0 Å². The molecule has 0 saturated heterocycles. The smallest absolute Gasteiger partial charge is 0.165 e. The van der Waals surface area contributed by atoms with Crippen LogP contribution in [-0.2, 0) is 9.47 Å². The molecule has 0 bridgehead atoms. The van der Waals surface area contributed by atoms with Crippen LogP contribution in [0, 0.1) is 0 Å². The van der Waals surface area contributed by atoms with Gasteiger partial charge in [-0.3, -0.25) is 0 Å². The molecule has 0 fully saturated rings. The summed E-state index contributed by atoms with van der Waals surface area (Å²) < 4.78 is 10.4. The highest BCUT2D eigenvalue weighted by atomic mass is 35.5. The molecular formula is C11H11ClO2. The first-order valence-electron chi connectivity index (χ1n) is 4.54. The van der Waals surface area contributed by atoms with E-state index in [1.807, 2.05) is 6.08 Å². The van der Waals surface area contributed by atoms with Crippen LogP contribution in [0.4, 0.5) is 0 Å². The summed E-state index contributed by atoms with van der Waals surface area (Å²) in [5.41, 5.74) is 2.26.